The first-order chi connectivity index (χ1) is 5.95. The van der Waals surface area contributed by atoms with E-state index in [1.165, 1.54) is 0 Å². The Hall–Kier alpha value is -0.690. The van der Waals surface area contributed by atoms with Crippen molar-refractivity contribution in [2.75, 3.05) is 0 Å². The molecule has 0 aromatic rings. The van der Waals surface area contributed by atoms with E-state index in [4.69, 9.17) is 27.6 Å². The fourth-order valence-corrected chi connectivity index (χ4v) is 1.15. The number of aliphatic hydroxyl groups is 3. The van der Waals surface area contributed by atoms with Crippen LogP contribution in [0.3, 0.4) is 0 Å². The van der Waals surface area contributed by atoms with E-state index in [0.717, 1.165) is 0 Å². The number of hydrogen-bond acceptors (Lipinski definition) is 5. The Bertz CT molecular complexity index is 209. The number of aliphatic hydroxyl groups excluding tert-OH is 3. The van der Waals surface area contributed by atoms with Gasteiger partial charge in [-0.15, -0.1) is 0 Å². The Labute approximate surface area is 74.9 Å². The van der Waals surface area contributed by atoms with Gasteiger partial charge in [0, 0.05) is 0 Å². The zero-order chi connectivity index (χ0) is 10.2. The number of nitrogens with two attached hydrogens (primary N) is 1. The van der Waals surface area contributed by atoms with E-state index in [2.05, 4.69) is 0 Å². The van der Waals surface area contributed by atoms with Gasteiger partial charge in [0.25, 0.3) is 0 Å². The van der Waals surface area contributed by atoms with Gasteiger partial charge >= 0.3 is 0 Å². The Balaban J connectivity index is 2.68. The van der Waals surface area contributed by atoms with E-state index in [0.29, 0.717) is 0 Å². The summed E-state index contributed by atoms with van der Waals surface area (Å²) in [6.07, 6.45) is -6.77. The van der Waals surface area contributed by atoms with Crippen molar-refractivity contribution >= 4 is 5.91 Å². The van der Waals surface area contributed by atoms with Crippen LogP contribution in [-0.2, 0) is 9.53 Å². The normalized spacial score (nSPS) is 41.8. The molecule has 2 radical (unpaired) electrons. The van der Waals surface area contributed by atoms with E-state index in [1.54, 1.807) is 0 Å². The Kier molecular flexibility index (Phi) is 2.87. The lowest BCUT2D eigenvalue weighted by atomic mass is 10.0. The highest BCUT2D eigenvalue weighted by Crippen LogP contribution is 2.22. The average molecular weight is 189 g/mol. The third-order valence-electron chi connectivity index (χ3n) is 1.94. The van der Waals surface area contributed by atoms with Crippen molar-refractivity contribution in [2.24, 2.45) is 5.73 Å². The molecule has 1 saturated heterocycles. The van der Waals surface area contributed by atoms with Crippen molar-refractivity contribution in [1.82, 2.24) is 0 Å². The third kappa shape index (κ3) is 1.80. The second-order valence-electron chi connectivity index (χ2n) is 2.89. The molecule has 1 heterocycles. The zero-order valence-corrected chi connectivity index (χ0v) is 6.70. The largest absolute Gasteiger partial charge is 0.388 e. The molecule has 1 aliphatic heterocycles. The number of rotatable bonds is 2. The first kappa shape index (κ1) is 10.4. The van der Waals surface area contributed by atoms with Gasteiger partial charge in [-0.05, 0) is 6.92 Å². The molecule has 0 aromatic heterocycles. The number of primary amides is 1. The molecule has 0 bridgehead atoms. The predicted molar refractivity (Wildman–Crippen MR) is 40.2 cm³/mol. The summed E-state index contributed by atoms with van der Waals surface area (Å²) in [6, 6.07) is 0. The SMILES string of the molecule is [CH][C@@H]1O[C@@H]([C@@H](O)C(N)=O)[C@H](O)C1O. The van der Waals surface area contributed by atoms with Gasteiger partial charge in [-0.25, -0.2) is 0 Å². The Morgan fingerprint density at radius 1 is 1.46 bits per heavy atom. The average Bonchev–Trinajstić information content (AvgIpc) is 2.31. The molecule has 0 aromatic carbocycles. The van der Waals surface area contributed by atoms with Gasteiger partial charge < -0.3 is 25.8 Å². The summed E-state index contributed by atoms with van der Waals surface area (Å²) in [7, 11) is 0. The minimum Gasteiger partial charge on any atom is -0.388 e. The molecule has 1 unspecified atom stereocenters. The summed E-state index contributed by atoms with van der Waals surface area (Å²) in [5.41, 5.74) is 4.77. The molecule has 1 rings (SSSR count). The maximum absolute atomic E-state index is 10.5. The highest BCUT2D eigenvalue weighted by Gasteiger charge is 2.45. The minimum absolute atomic E-state index is 1.04. The van der Waals surface area contributed by atoms with Crippen molar-refractivity contribution in [3.63, 3.8) is 0 Å². The van der Waals surface area contributed by atoms with E-state index >= 15 is 0 Å². The lowest BCUT2D eigenvalue weighted by Gasteiger charge is -2.17. The van der Waals surface area contributed by atoms with Gasteiger partial charge in [0.15, 0.2) is 6.10 Å². The molecule has 1 aliphatic rings. The standard InChI is InChI=1S/C7H11NO5/c1-2-3(9)4(10)6(13-2)5(11)7(8)12/h1-6,9-11H,(H2,8,12)/t2-,3?,4+,5+,6+/m0/s1. The quantitative estimate of drug-likeness (QED) is 0.370. The molecule has 6 nitrogen and oxygen atoms in total. The van der Waals surface area contributed by atoms with Crippen molar-refractivity contribution in [3.05, 3.63) is 6.92 Å². The number of ether oxygens (including phenoxy) is 1. The second kappa shape index (κ2) is 3.59. The summed E-state index contributed by atoms with van der Waals surface area (Å²) in [5.74, 6) is -1.04. The monoisotopic (exact) mass is 189 g/mol. The van der Waals surface area contributed by atoms with Crippen molar-refractivity contribution in [3.8, 4) is 0 Å². The summed E-state index contributed by atoms with van der Waals surface area (Å²) in [4.78, 5) is 10.5. The summed E-state index contributed by atoms with van der Waals surface area (Å²) in [6.45, 7) is 5.20. The molecule has 5 atom stereocenters. The van der Waals surface area contributed by atoms with Crippen LogP contribution in [0, 0.1) is 6.92 Å². The Morgan fingerprint density at radius 3 is 2.31 bits per heavy atom. The molecule has 1 amide bonds. The van der Waals surface area contributed by atoms with E-state index in [9.17, 15) is 9.90 Å². The second-order valence-corrected chi connectivity index (χ2v) is 2.89. The van der Waals surface area contributed by atoms with E-state index < -0.39 is 36.4 Å². The van der Waals surface area contributed by atoms with Crippen LogP contribution in [0.15, 0.2) is 0 Å². The van der Waals surface area contributed by atoms with Crippen molar-refractivity contribution in [1.29, 1.82) is 0 Å². The van der Waals surface area contributed by atoms with Crippen LogP contribution in [0.5, 0.6) is 0 Å². The highest BCUT2D eigenvalue weighted by atomic mass is 16.6. The number of carbonyl (C=O) groups excluding carboxylic acids is 1. The molecule has 74 valence electrons. The molecule has 0 aliphatic carbocycles. The number of amides is 1. The molecular formula is C7H11NO5. The molecule has 13 heavy (non-hydrogen) atoms. The lowest BCUT2D eigenvalue weighted by Crippen LogP contribution is -2.45. The maximum Gasteiger partial charge on any atom is 0.249 e. The topological polar surface area (TPSA) is 113 Å². The molecule has 0 saturated carbocycles. The van der Waals surface area contributed by atoms with Crippen LogP contribution in [0.4, 0.5) is 0 Å². The van der Waals surface area contributed by atoms with Gasteiger partial charge in [0.05, 0.1) is 6.10 Å². The highest BCUT2D eigenvalue weighted by molar-refractivity contribution is 5.79. The van der Waals surface area contributed by atoms with Crippen LogP contribution >= 0.6 is 0 Å². The van der Waals surface area contributed by atoms with Crippen molar-refractivity contribution in [2.45, 2.75) is 30.5 Å². The number of carbonyl (C=O) groups is 1. The van der Waals surface area contributed by atoms with Gasteiger partial charge in [-0.1, -0.05) is 0 Å². The molecular weight excluding hydrogens is 178 g/mol. The first-order valence-electron chi connectivity index (χ1n) is 3.69. The molecule has 0 spiro atoms. The lowest BCUT2D eigenvalue weighted by molar-refractivity contribution is -0.137. The van der Waals surface area contributed by atoms with Crippen LogP contribution in [-0.4, -0.2) is 51.7 Å². The zero-order valence-electron chi connectivity index (χ0n) is 6.70. The summed E-state index contributed by atoms with van der Waals surface area (Å²) in [5, 5.41) is 27.4. The predicted octanol–water partition coefficient (Wildman–Crippen LogP) is -2.97. The van der Waals surface area contributed by atoms with Crippen LogP contribution in [0.1, 0.15) is 0 Å². The molecule has 6 heteroatoms. The van der Waals surface area contributed by atoms with Gasteiger partial charge in [0.1, 0.15) is 18.3 Å². The van der Waals surface area contributed by atoms with Crippen LogP contribution in [0.25, 0.3) is 0 Å². The smallest absolute Gasteiger partial charge is 0.249 e. The number of hydrogen-bond donors (Lipinski definition) is 4. The third-order valence-corrected chi connectivity index (χ3v) is 1.94. The van der Waals surface area contributed by atoms with E-state index in [1.807, 2.05) is 0 Å². The fraction of sp³-hybridized carbons (Fsp3) is 0.714. The van der Waals surface area contributed by atoms with Gasteiger partial charge in [-0.3, -0.25) is 4.79 Å². The fourth-order valence-electron chi connectivity index (χ4n) is 1.15. The maximum atomic E-state index is 10.5. The Morgan fingerprint density at radius 2 is 2.00 bits per heavy atom. The summed E-state index contributed by atoms with van der Waals surface area (Å²) >= 11 is 0. The van der Waals surface area contributed by atoms with Crippen LogP contribution in [0.2, 0.25) is 0 Å². The molecule has 5 N–H and O–H groups in total. The minimum atomic E-state index is -1.67. The molecule has 1 fully saturated rings. The van der Waals surface area contributed by atoms with Gasteiger partial charge in [-0.2, -0.15) is 0 Å². The summed E-state index contributed by atoms with van der Waals surface area (Å²) < 4.78 is 4.74. The van der Waals surface area contributed by atoms with E-state index in [-0.39, 0.29) is 0 Å². The van der Waals surface area contributed by atoms with Gasteiger partial charge in [0.2, 0.25) is 5.91 Å². The van der Waals surface area contributed by atoms with Crippen molar-refractivity contribution < 1.29 is 24.9 Å². The first-order valence-corrected chi connectivity index (χ1v) is 3.69. The van der Waals surface area contributed by atoms with Crippen LogP contribution < -0.4 is 5.73 Å².